The maximum absolute atomic E-state index is 11.1. The molecule has 0 spiro atoms. The molecule has 0 radical (unpaired) electrons. The van der Waals surface area contributed by atoms with Crippen molar-refractivity contribution < 1.29 is 9.53 Å². The van der Waals surface area contributed by atoms with E-state index < -0.39 is 0 Å². The highest BCUT2D eigenvalue weighted by molar-refractivity contribution is 5.87. The third-order valence-corrected chi connectivity index (χ3v) is 1.87. The van der Waals surface area contributed by atoms with Gasteiger partial charge in [0.15, 0.2) is 0 Å². The first-order valence-electron chi connectivity index (χ1n) is 4.64. The zero-order chi connectivity index (χ0) is 11.1. The van der Waals surface area contributed by atoms with E-state index in [9.17, 15) is 4.79 Å². The molecule has 0 fully saturated rings. The summed E-state index contributed by atoms with van der Waals surface area (Å²) in [7, 11) is 1.36. The third kappa shape index (κ3) is 3.49. The molecule has 0 aromatic carbocycles. The second kappa shape index (κ2) is 5.89. The van der Waals surface area contributed by atoms with Crippen molar-refractivity contribution in [2.24, 2.45) is 0 Å². The van der Waals surface area contributed by atoms with E-state index in [2.05, 4.69) is 26.9 Å². The summed E-state index contributed by atoms with van der Waals surface area (Å²) in [5.41, 5.74) is 1.48. The SMILES string of the molecule is CC#CCNCc1c[nH]c(C(=O)OC)c1. The fraction of sp³-hybridized carbons (Fsp3) is 0.364. The molecule has 1 aromatic rings. The number of carbonyl (C=O) groups excluding carboxylic acids is 1. The van der Waals surface area contributed by atoms with Crippen LogP contribution in [0.4, 0.5) is 0 Å². The van der Waals surface area contributed by atoms with Gasteiger partial charge >= 0.3 is 5.97 Å². The van der Waals surface area contributed by atoms with Gasteiger partial charge in [0.2, 0.25) is 0 Å². The Labute approximate surface area is 89.0 Å². The summed E-state index contributed by atoms with van der Waals surface area (Å²) in [6, 6.07) is 1.76. The molecule has 80 valence electrons. The largest absolute Gasteiger partial charge is 0.464 e. The highest BCUT2D eigenvalue weighted by Crippen LogP contribution is 2.04. The predicted molar refractivity (Wildman–Crippen MR) is 57.3 cm³/mol. The minimum Gasteiger partial charge on any atom is -0.464 e. The molecule has 0 saturated carbocycles. The molecular formula is C11H14N2O2. The summed E-state index contributed by atoms with van der Waals surface area (Å²) in [4.78, 5) is 14.0. The first-order valence-corrected chi connectivity index (χ1v) is 4.64. The molecule has 0 amide bonds. The second-order valence-corrected chi connectivity index (χ2v) is 2.94. The number of rotatable bonds is 4. The molecule has 1 heterocycles. The standard InChI is InChI=1S/C11H14N2O2/c1-3-4-5-12-7-9-6-10(13-8-9)11(14)15-2/h6,8,12-13H,5,7H2,1-2H3. The Hall–Kier alpha value is -1.73. The Morgan fingerprint density at radius 1 is 1.67 bits per heavy atom. The van der Waals surface area contributed by atoms with Crippen molar-refractivity contribution in [1.29, 1.82) is 0 Å². The topological polar surface area (TPSA) is 54.1 Å². The van der Waals surface area contributed by atoms with Crippen molar-refractivity contribution in [1.82, 2.24) is 10.3 Å². The minimum atomic E-state index is -0.352. The van der Waals surface area contributed by atoms with E-state index in [0.29, 0.717) is 18.8 Å². The van der Waals surface area contributed by atoms with E-state index >= 15 is 0 Å². The first-order chi connectivity index (χ1) is 7.27. The number of hydrogen-bond donors (Lipinski definition) is 2. The number of esters is 1. The molecule has 1 rings (SSSR count). The van der Waals surface area contributed by atoms with E-state index in [-0.39, 0.29) is 5.97 Å². The number of hydrogen-bond acceptors (Lipinski definition) is 3. The van der Waals surface area contributed by atoms with Crippen LogP contribution in [0.15, 0.2) is 12.3 Å². The fourth-order valence-corrected chi connectivity index (χ4v) is 1.13. The summed E-state index contributed by atoms with van der Waals surface area (Å²) < 4.78 is 4.58. The Kier molecular flexibility index (Phi) is 4.45. The van der Waals surface area contributed by atoms with Gasteiger partial charge in [0.1, 0.15) is 5.69 Å². The Morgan fingerprint density at radius 2 is 2.47 bits per heavy atom. The lowest BCUT2D eigenvalue weighted by Gasteiger charge is -1.96. The molecule has 0 unspecified atom stereocenters. The average molecular weight is 206 g/mol. The average Bonchev–Trinajstić information content (AvgIpc) is 2.72. The monoisotopic (exact) mass is 206 g/mol. The van der Waals surface area contributed by atoms with Crippen LogP contribution in [0.5, 0.6) is 0 Å². The minimum absolute atomic E-state index is 0.352. The van der Waals surface area contributed by atoms with Crippen LogP contribution in [0.2, 0.25) is 0 Å². The Bertz CT molecular complexity index is 385. The summed E-state index contributed by atoms with van der Waals surface area (Å²) in [6.07, 6.45) is 1.78. The van der Waals surface area contributed by atoms with Crippen LogP contribution < -0.4 is 5.32 Å². The maximum Gasteiger partial charge on any atom is 0.354 e. The molecule has 2 N–H and O–H groups in total. The van der Waals surface area contributed by atoms with Crippen molar-refractivity contribution in [2.45, 2.75) is 13.5 Å². The van der Waals surface area contributed by atoms with E-state index in [1.54, 1.807) is 19.2 Å². The fourth-order valence-electron chi connectivity index (χ4n) is 1.13. The lowest BCUT2D eigenvalue weighted by molar-refractivity contribution is 0.0595. The molecule has 1 aromatic heterocycles. The van der Waals surface area contributed by atoms with Gasteiger partial charge in [0.05, 0.1) is 13.7 Å². The van der Waals surface area contributed by atoms with Crippen LogP contribution in [0.3, 0.4) is 0 Å². The Morgan fingerprint density at radius 3 is 3.13 bits per heavy atom. The van der Waals surface area contributed by atoms with Crippen molar-refractivity contribution in [3.05, 3.63) is 23.5 Å². The first kappa shape index (κ1) is 11.3. The van der Waals surface area contributed by atoms with E-state index in [0.717, 1.165) is 5.56 Å². The van der Waals surface area contributed by atoms with Crippen LogP contribution >= 0.6 is 0 Å². The van der Waals surface area contributed by atoms with Gasteiger partial charge in [-0.2, -0.15) is 0 Å². The normalized spacial score (nSPS) is 9.20. The molecule has 0 atom stereocenters. The van der Waals surface area contributed by atoms with Crippen molar-refractivity contribution in [2.75, 3.05) is 13.7 Å². The summed E-state index contributed by atoms with van der Waals surface area (Å²) in [5, 5.41) is 3.13. The third-order valence-electron chi connectivity index (χ3n) is 1.87. The van der Waals surface area contributed by atoms with Crippen molar-refractivity contribution in [3.63, 3.8) is 0 Å². The lowest BCUT2D eigenvalue weighted by atomic mass is 10.3. The molecule has 4 heteroatoms. The highest BCUT2D eigenvalue weighted by atomic mass is 16.5. The van der Waals surface area contributed by atoms with Gasteiger partial charge in [-0.3, -0.25) is 0 Å². The number of nitrogens with one attached hydrogen (secondary N) is 2. The van der Waals surface area contributed by atoms with Crippen LogP contribution in [0.1, 0.15) is 23.0 Å². The lowest BCUT2D eigenvalue weighted by Crippen LogP contribution is -2.12. The van der Waals surface area contributed by atoms with Crippen LogP contribution in [0, 0.1) is 11.8 Å². The smallest absolute Gasteiger partial charge is 0.354 e. The van der Waals surface area contributed by atoms with Crippen LogP contribution in [-0.4, -0.2) is 24.6 Å². The van der Waals surface area contributed by atoms with Crippen molar-refractivity contribution >= 4 is 5.97 Å². The summed E-state index contributed by atoms with van der Waals surface area (Å²) in [6.45, 7) is 3.13. The molecular weight excluding hydrogens is 192 g/mol. The number of aromatic amines is 1. The van der Waals surface area contributed by atoms with Gasteiger partial charge in [-0.25, -0.2) is 4.79 Å². The zero-order valence-electron chi connectivity index (χ0n) is 8.89. The molecule has 0 bridgehead atoms. The molecule has 0 aliphatic heterocycles. The second-order valence-electron chi connectivity index (χ2n) is 2.94. The number of ether oxygens (including phenoxy) is 1. The van der Waals surface area contributed by atoms with Gasteiger partial charge in [-0.1, -0.05) is 5.92 Å². The number of aromatic nitrogens is 1. The maximum atomic E-state index is 11.1. The zero-order valence-corrected chi connectivity index (χ0v) is 8.89. The summed E-state index contributed by atoms with van der Waals surface area (Å²) in [5.74, 6) is 5.34. The summed E-state index contributed by atoms with van der Waals surface area (Å²) >= 11 is 0. The molecule has 0 aliphatic rings. The van der Waals surface area contributed by atoms with Gasteiger partial charge in [0, 0.05) is 12.7 Å². The number of carbonyl (C=O) groups is 1. The quantitative estimate of drug-likeness (QED) is 0.437. The van der Waals surface area contributed by atoms with Gasteiger partial charge in [-0.15, -0.1) is 5.92 Å². The van der Waals surface area contributed by atoms with E-state index in [1.807, 2.05) is 0 Å². The molecule has 15 heavy (non-hydrogen) atoms. The number of methoxy groups -OCH3 is 1. The number of H-pyrrole nitrogens is 1. The van der Waals surface area contributed by atoms with Gasteiger partial charge in [0.25, 0.3) is 0 Å². The molecule has 0 aliphatic carbocycles. The van der Waals surface area contributed by atoms with Gasteiger partial charge in [-0.05, 0) is 18.6 Å². The predicted octanol–water partition coefficient (Wildman–Crippen LogP) is 0.914. The molecule has 4 nitrogen and oxygen atoms in total. The van der Waals surface area contributed by atoms with Gasteiger partial charge < -0.3 is 15.0 Å². The Balaban J connectivity index is 2.45. The van der Waals surface area contributed by atoms with E-state index in [4.69, 9.17) is 0 Å². The van der Waals surface area contributed by atoms with Crippen LogP contribution in [0.25, 0.3) is 0 Å². The van der Waals surface area contributed by atoms with Crippen molar-refractivity contribution in [3.8, 4) is 11.8 Å². The molecule has 0 saturated heterocycles. The van der Waals surface area contributed by atoms with Crippen LogP contribution in [-0.2, 0) is 11.3 Å². The highest BCUT2D eigenvalue weighted by Gasteiger charge is 2.07. The van der Waals surface area contributed by atoms with E-state index in [1.165, 1.54) is 7.11 Å².